The zero-order chi connectivity index (χ0) is 13.7. The van der Waals surface area contributed by atoms with Crippen LogP contribution >= 0.6 is 0 Å². The van der Waals surface area contributed by atoms with Gasteiger partial charge in [-0.15, -0.1) is 0 Å². The van der Waals surface area contributed by atoms with E-state index in [9.17, 15) is 4.79 Å². The van der Waals surface area contributed by atoms with Crippen molar-refractivity contribution in [2.75, 3.05) is 6.61 Å². The Morgan fingerprint density at radius 2 is 1.53 bits per heavy atom. The Balaban J connectivity index is 0. The number of esters is 1. The highest BCUT2D eigenvalue weighted by molar-refractivity contribution is 5.65. The first kappa shape index (κ1) is 18.3. The van der Waals surface area contributed by atoms with Crippen molar-refractivity contribution in [1.29, 1.82) is 0 Å². The number of unbranched alkanes of at least 4 members (excludes halogenated alkanes) is 3. The Morgan fingerprint density at radius 1 is 1.06 bits per heavy atom. The van der Waals surface area contributed by atoms with Crippen molar-refractivity contribution in [2.45, 2.75) is 59.8 Å². The van der Waals surface area contributed by atoms with E-state index in [0.717, 1.165) is 19.3 Å². The quantitative estimate of drug-likeness (QED) is 0.553. The van der Waals surface area contributed by atoms with Gasteiger partial charge in [-0.05, 0) is 12.3 Å². The number of hydrogen-bond donors (Lipinski definition) is 1. The second kappa shape index (κ2) is 13.0. The third kappa shape index (κ3) is 31.3. The molecule has 0 fully saturated rings. The van der Waals surface area contributed by atoms with E-state index in [1.807, 2.05) is 0 Å². The van der Waals surface area contributed by atoms with Gasteiger partial charge >= 0.3 is 5.97 Å². The molecule has 0 radical (unpaired) electrons. The monoisotopic (exact) mass is 246 g/mol. The minimum absolute atomic E-state index is 0.165. The van der Waals surface area contributed by atoms with Crippen LogP contribution in [0.4, 0.5) is 0 Å². The molecule has 102 valence electrons. The first-order valence-corrected chi connectivity index (χ1v) is 6.19. The van der Waals surface area contributed by atoms with Gasteiger partial charge in [-0.25, -0.2) is 0 Å². The van der Waals surface area contributed by atoms with E-state index in [0.29, 0.717) is 6.61 Å². The number of carboxylic acids is 1. The maximum atomic E-state index is 10.4. The van der Waals surface area contributed by atoms with Crippen LogP contribution in [0.2, 0.25) is 0 Å². The van der Waals surface area contributed by atoms with Gasteiger partial charge in [0.1, 0.15) is 0 Å². The molecule has 4 heteroatoms. The molecule has 0 bridgehead atoms. The summed E-state index contributed by atoms with van der Waals surface area (Å²) in [5, 5.41) is 7.42. The number of carbonyl (C=O) groups excluding carboxylic acids is 1. The molecule has 4 nitrogen and oxygen atoms in total. The van der Waals surface area contributed by atoms with Crippen molar-refractivity contribution in [2.24, 2.45) is 5.92 Å². The van der Waals surface area contributed by atoms with Crippen molar-refractivity contribution in [3.8, 4) is 0 Å². The van der Waals surface area contributed by atoms with Crippen LogP contribution in [-0.2, 0) is 14.3 Å². The smallest absolute Gasteiger partial charge is 0.302 e. The van der Waals surface area contributed by atoms with E-state index >= 15 is 0 Å². The highest BCUT2D eigenvalue weighted by atomic mass is 16.5. The number of carbonyl (C=O) groups is 2. The molecule has 0 saturated carbocycles. The topological polar surface area (TPSA) is 63.6 Å². The zero-order valence-electron chi connectivity index (χ0n) is 11.5. The Labute approximate surface area is 104 Å². The summed E-state index contributed by atoms with van der Waals surface area (Å²) in [6.07, 6.45) is 6.07. The molecule has 0 aliphatic carbocycles. The minimum atomic E-state index is -0.833. The Kier molecular flexibility index (Phi) is 14.0. The fraction of sp³-hybridized carbons (Fsp3) is 0.846. The highest BCUT2D eigenvalue weighted by Crippen LogP contribution is 2.09. The van der Waals surface area contributed by atoms with Crippen molar-refractivity contribution in [1.82, 2.24) is 0 Å². The summed E-state index contributed by atoms with van der Waals surface area (Å²) in [7, 11) is 0. The summed E-state index contributed by atoms with van der Waals surface area (Å²) in [5.41, 5.74) is 0. The second-order valence-electron chi connectivity index (χ2n) is 4.46. The maximum Gasteiger partial charge on any atom is 0.302 e. The number of aliphatic carboxylic acids is 1. The van der Waals surface area contributed by atoms with Crippen molar-refractivity contribution in [3.05, 3.63) is 0 Å². The molecule has 0 spiro atoms. The molecule has 0 aliphatic rings. The van der Waals surface area contributed by atoms with Crippen LogP contribution in [0.25, 0.3) is 0 Å². The first-order chi connectivity index (χ1) is 7.86. The number of ether oxygens (including phenoxy) is 1. The van der Waals surface area contributed by atoms with Crippen LogP contribution in [-0.4, -0.2) is 23.7 Å². The van der Waals surface area contributed by atoms with Crippen molar-refractivity contribution in [3.63, 3.8) is 0 Å². The summed E-state index contributed by atoms with van der Waals surface area (Å²) >= 11 is 0. The fourth-order valence-corrected chi connectivity index (χ4v) is 1.22. The summed E-state index contributed by atoms with van der Waals surface area (Å²) in [4.78, 5) is 19.4. The summed E-state index contributed by atoms with van der Waals surface area (Å²) in [6.45, 7) is 7.63. The molecule has 0 heterocycles. The molecule has 0 amide bonds. The van der Waals surface area contributed by atoms with Gasteiger partial charge in [-0.1, -0.05) is 39.5 Å². The van der Waals surface area contributed by atoms with E-state index in [4.69, 9.17) is 14.6 Å². The molecule has 0 saturated heterocycles. The van der Waals surface area contributed by atoms with Gasteiger partial charge in [0.15, 0.2) is 0 Å². The summed E-state index contributed by atoms with van der Waals surface area (Å²) in [5.74, 6) is -0.185. The lowest BCUT2D eigenvalue weighted by Crippen LogP contribution is -2.00. The largest absolute Gasteiger partial charge is 0.481 e. The molecule has 0 aromatic rings. The molecule has 0 unspecified atom stereocenters. The molecular formula is C13H26O4. The van der Waals surface area contributed by atoms with Gasteiger partial charge in [-0.2, -0.15) is 0 Å². The Bertz CT molecular complexity index is 196. The average molecular weight is 246 g/mol. The van der Waals surface area contributed by atoms with Crippen molar-refractivity contribution < 1.29 is 19.4 Å². The predicted molar refractivity (Wildman–Crippen MR) is 67.9 cm³/mol. The zero-order valence-corrected chi connectivity index (χ0v) is 11.5. The average Bonchev–Trinajstić information content (AvgIpc) is 2.14. The van der Waals surface area contributed by atoms with Crippen LogP contribution in [0, 0.1) is 5.92 Å². The summed E-state index contributed by atoms with van der Waals surface area (Å²) < 4.78 is 4.83. The molecule has 17 heavy (non-hydrogen) atoms. The second-order valence-corrected chi connectivity index (χ2v) is 4.46. The number of hydrogen-bond acceptors (Lipinski definition) is 3. The lowest BCUT2D eigenvalue weighted by Gasteiger charge is -2.04. The molecule has 1 N–H and O–H groups in total. The third-order valence-corrected chi connectivity index (χ3v) is 1.98. The molecule has 0 rings (SSSR count). The standard InChI is InChI=1S/C11H22O2.C2H4O2/c1-10(2)8-6-4-5-7-9-13-11(3)12;1-2(3)4/h10H,4-9H2,1-3H3;1H3,(H,3,4). The van der Waals surface area contributed by atoms with Gasteiger partial charge in [-0.3, -0.25) is 9.59 Å². The summed E-state index contributed by atoms with van der Waals surface area (Å²) in [6, 6.07) is 0. The van der Waals surface area contributed by atoms with Crippen LogP contribution in [0.3, 0.4) is 0 Å². The van der Waals surface area contributed by atoms with Crippen LogP contribution < -0.4 is 0 Å². The van der Waals surface area contributed by atoms with Gasteiger partial charge in [0.25, 0.3) is 5.97 Å². The Morgan fingerprint density at radius 3 is 1.94 bits per heavy atom. The molecule has 0 aromatic heterocycles. The van der Waals surface area contributed by atoms with Gasteiger partial charge in [0.2, 0.25) is 0 Å². The minimum Gasteiger partial charge on any atom is -0.481 e. The van der Waals surface area contributed by atoms with Gasteiger partial charge < -0.3 is 9.84 Å². The lowest BCUT2D eigenvalue weighted by molar-refractivity contribution is -0.141. The predicted octanol–water partition coefficient (Wildman–Crippen LogP) is 3.25. The van der Waals surface area contributed by atoms with E-state index < -0.39 is 5.97 Å². The van der Waals surface area contributed by atoms with Gasteiger partial charge in [0.05, 0.1) is 6.61 Å². The molecular weight excluding hydrogens is 220 g/mol. The maximum absolute atomic E-state index is 10.4. The number of rotatable bonds is 7. The lowest BCUT2D eigenvalue weighted by atomic mass is 10.0. The normalized spacial score (nSPS) is 9.47. The Hall–Kier alpha value is -1.06. The fourth-order valence-electron chi connectivity index (χ4n) is 1.22. The molecule has 0 aliphatic heterocycles. The van der Waals surface area contributed by atoms with E-state index in [2.05, 4.69) is 13.8 Å². The van der Waals surface area contributed by atoms with E-state index in [1.165, 1.54) is 32.6 Å². The van der Waals surface area contributed by atoms with E-state index in [-0.39, 0.29) is 5.97 Å². The van der Waals surface area contributed by atoms with Crippen molar-refractivity contribution >= 4 is 11.9 Å². The van der Waals surface area contributed by atoms with E-state index in [1.54, 1.807) is 0 Å². The molecule has 0 aromatic carbocycles. The van der Waals surface area contributed by atoms with Crippen LogP contribution in [0.15, 0.2) is 0 Å². The number of carboxylic acid groups (broad SMARTS) is 1. The SMILES string of the molecule is CC(=O)O.CC(=O)OCCCCCCC(C)C. The highest BCUT2D eigenvalue weighted by Gasteiger charge is 1.95. The van der Waals surface area contributed by atoms with Crippen LogP contribution in [0.1, 0.15) is 59.8 Å². The molecule has 0 atom stereocenters. The van der Waals surface area contributed by atoms with Crippen LogP contribution in [0.5, 0.6) is 0 Å². The third-order valence-electron chi connectivity index (χ3n) is 1.98. The van der Waals surface area contributed by atoms with Gasteiger partial charge in [0, 0.05) is 13.8 Å². The first-order valence-electron chi connectivity index (χ1n) is 6.19.